The lowest BCUT2D eigenvalue weighted by Crippen LogP contribution is -2.43. The fourth-order valence-corrected chi connectivity index (χ4v) is 1.86. The number of halogens is 1. The first-order valence-corrected chi connectivity index (χ1v) is 5.51. The number of para-hydroxylation sites is 1. The van der Waals surface area contributed by atoms with Crippen molar-refractivity contribution in [3.8, 4) is 0 Å². The number of aldehydes is 1. The number of likely N-dealkylation sites (N-methyl/N-ethyl adjacent to an activating group) is 1. The van der Waals surface area contributed by atoms with Gasteiger partial charge in [-0.2, -0.15) is 0 Å². The van der Waals surface area contributed by atoms with Crippen LogP contribution in [-0.2, 0) is 4.79 Å². The Kier molecular flexibility index (Phi) is 3.53. The van der Waals surface area contributed by atoms with Gasteiger partial charge in [-0.25, -0.2) is 0 Å². The predicted molar refractivity (Wildman–Crippen MR) is 67.7 cm³/mol. The number of benzene rings is 1. The third-order valence-corrected chi connectivity index (χ3v) is 3.28. The molecule has 14 heavy (non-hydrogen) atoms. The van der Waals surface area contributed by atoms with Gasteiger partial charge in [0.25, 0.3) is 0 Å². The number of nitrogens with zero attached hydrogens (tertiary/aromatic N) is 1. The summed E-state index contributed by atoms with van der Waals surface area (Å²) in [6, 6.07) is 8.03. The second-order valence-corrected chi connectivity index (χ2v) is 4.94. The van der Waals surface area contributed by atoms with Crippen molar-refractivity contribution in [1.29, 1.82) is 0 Å². The Morgan fingerprint density at radius 2 is 1.93 bits per heavy atom. The number of hydrogen-bond acceptors (Lipinski definition) is 2. The van der Waals surface area contributed by atoms with Gasteiger partial charge < -0.3 is 9.69 Å². The predicted octanol–water partition coefficient (Wildman–Crippen LogP) is 2.70. The van der Waals surface area contributed by atoms with Crippen LogP contribution in [0.2, 0.25) is 0 Å². The Bertz CT molecular complexity index is 336. The van der Waals surface area contributed by atoms with Gasteiger partial charge in [0.05, 0.1) is 11.2 Å². The topological polar surface area (TPSA) is 20.3 Å². The van der Waals surface area contributed by atoms with E-state index in [0.29, 0.717) is 0 Å². The summed E-state index contributed by atoms with van der Waals surface area (Å²) in [7, 11) is 1.94. The molecular weight excluding hydrogens is 289 g/mol. The summed E-state index contributed by atoms with van der Waals surface area (Å²) in [6.07, 6.45) is 0.968. The molecule has 0 fully saturated rings. The van der Waals surface area contributed by atoms with Gasteiger partial charge in [-0.3, -0.25) is 0 Å². The number of hydrogen-bond donors (Lipinski definition) is 0. The van der Waals surface area contributed by atoms with Crippen LogP contribution in [0.1, 0.15) is 13.8 Å². The Labute approximate surface area is 98.4 Å². The lowest BCUT2D eigenvalue weighted by molar-refractivity contribution is -0.111. The van der Waals surface area contributed by atoms with E-state index in [4.69, 9.17) is 0 Å². The van der Waals surface area contributed by atoms with Crippen LogP contribution in [-0.4, -0.2) is 18.9 Å². The minimum atomic E-state index is -0.457. The Morgan fingerprint density at radius 3 is 2.43 bits per heavy atom. The molecule has 0 atom stereocenters. The van der Waals surface area contributed by atoms with Crippen LogP contribution < -0.4 is 4.90 Å². The van der Waals surface area contributed by atoms with E-state index in [-0.39, 0.29) is 0 Å². The molecule has 1 aromatic carbocycles. The van der Waals surface area contributed by atoms with Crippen LogP contribution in [0.4, 0.5) is 5.69 Å². The zero-order valence-corrected chi connectivity index (χ0v) is 10.8. The van der Waals surface area contributed by atoms with Crippen molar-refractivity contribution in [2.75, 3.05) is 11.9 Å². The van der Waals surface area contributed by atoms with E-state index >= 15 is 0 Å². The molecule has 0 spiro atoms. The summed E-state index contributed by atoms with van der Waals surface area (Å²) in [5.41, 5.74) is 0.631. The fourth-order valence-electron chi connectivity index (χ4n) is 1.11. The van der Waals surface area contributed by atoms with E-state index < -0.39 is 5.54 Å². The van der Waals surface area contributed by atoms with Crippen molar-refractivity contribution in [3.63, 3.8) is 0 Å². The summed E-state index contributed by atoms with van der Waals surface area (Å²) < 4.78 is 1.16. The fraction of sp³-hybridized carbons (Fsp3) is 0.364. The lowest BCUT2D eigenvalue weighted by Gasteiger charge is -2.33. The molecule has 0 unspecified atom stereocenters. The van der Waals surface area contributed by atoms with E-state index in [1.54, 1.807) is 0 Å². The molecule has 1 aromatic rings. The van der Waals surface area contributed by atoms with Gasteiger partial charge in [-0.05, 0) is 48.6 Å². The van der Waals surface area contributed by atoms with Gasteiger partial charge in [-0.15, -0.1) is 0 Å². The second kappa shape index (κ2) is 4.29. The molecule has 0 saturated heterocycles. The van der Waals surface area contributed by atoms with Crippen molar-refractivity contribution in [3.05, 3.63) is 27.8 Å². The number of carbonyl (C=O) groups excluding carboxylic acids is 1. The quantitative estimate of drug-likeness (QED) is 0.632. The second-order valence-electron chi connectivity index (χ2n) is 3.78. The van der Waals surface area contributed by atoms with Gasteiger partial charge in [0.1, 0.15) is 6.29 Å². The van der Waals surface area contributed by atoms with Crippen molar-refractivity contribution in [1.82, 2.24) is 0 Å². The van der Waals surface area contributed by atoms with E-state index in [1.807, 2.05) is 50.1 Å². The Morgan fingerprint density at radius 1 is 1.36 bits per heavy atom. The van der Waals surface area contributed by atoms with Crippen molar-refractivity contribution >= 4 is 34.6 Å². The summed E-state index contributed by atoms with van der Waals surface area (Å²) in [5, 5.41) is 0. The number of rotatable bonds is 3. The van der Waals surface area contributed by atoms with E-state index in [9.17, 15) is 4.79 Å². The van der Waals surface area contributed by atoms with Crippen LogP contribution in [0.25, 0.3) is 0 Å². The summed E-state index contributed by atoms with van der Waals surface area (Å²) in [4.78, 5) is 12.9. The largest absolute Gasteiger partial charge is 0.362 e. The van der Waals surface area contributed by atoms with Gasteiger partial charge in [0.15, 0.2) is 0 Å². The zero-order valence-electron chi connectivity index (χ0n) is 8.62. The maximum atomic E-state index is 10.9. The highest BCUT2D eigenvalue weighted by Gasteiger charge is 2.23. The van der Waals surface area contributed by atoms with Crippen molar-refractivity contribution < 1.29 is 4.79 Å². The van der Waals surface area contributed by atoms with Crippen LogP contribution in [0.15, 0.2) is 24.3 Å². The highest BCUT2D eigenvalue weighted by atomic mass is 127. The molecule has 0 amide bonds. The van der Waals surface area contributed by atoms with E-state index in [0.717, 1.165) is 15.5 Å². The minimum absolute atomic E-state index is 0.457. The molecule has 0 aliphatic rings. The molecule has 0 aliphatic carbocycles. The lowest BCUT2D eigenvalue weighted by atomic mass is 10.1. The summed E-state index contributed by atoms with van der Waals surface area (Å²) in [6.45, 7) is 3.81. The standard InChI is InChI=1S/C11H14INO/c1-11(2,8-14)13(3)10-7-5-4-6-9(10)12/h4-8H,1-3H3. The number of anilines is 1. The smallest absolute Gasteiger partial charge is 0.144 e. The van der Waals surface area contributed by atoms with Gasteiger partial charge in [-0.1, -0.05) is 12.1 Å². The maximum Gasteiger partial charge on any atom is 0.144 e. The molecule has 3 heteroatoms. The van der Waals surface area contributed by atoms with Crippen LogP contribution >= 0.6 is 22.6 Å². The average molecular weight is 303 g/mol. The molecular formula is C11H14INO. The molecule has 0 N–H and O–H groups in total. The van der Waals surface area contributed by atoms with E-state index in [2.05, 4.69) is 22.6 Å². The zero-order chi connectivity index (χ0) is 10.8. The SMILES string of the molecule is CN(c1ccccc1I)C(C)(C)C=O. The molecule has 0 radical (unpaired) electrons. The summed E-state index contributed by atoms with van der Waals surface area (Å²) in [5.74, 6) is 0. The average Bonchev–Trinajstić information content (AvgIpc) is 2.17. The molecule has 0 aliphatic heterocycles. The van der Waals surface area contributed by atoms with Crippen molar-refractivity contribution in [2.24, 2.45) is 0 Å². The molecule has 1 rings (SSSR count). The van der Waals surface area contributed by atoms with E-state index in [1.165, 1.54) is 0 Å². The van der Waals surface area contributed by atoms with Gasteiger partial charge in [0.2, 0.25) is 0 Å². The molecule has 76 valence electrons. The molecule has 0 aromatic heterocycles. The van der Waals surface area contributed by atoms with Crippen LogP contribution in [0, 0.1) is 3.57 Å². The summed E-state index contributed by atoms with van der Waals surface area (Å²) >= 11 is 2.27. The third kappa shape index (κ3) is 2.26. The monoisotopic (exact) mass is 303 g/mol. The maximum absolute atomic E-state index is 10.9. The van der Waals surface area contributed by atoms with Crippen LogP contribution in [0.5, 0.6) is 0 Å². The first kappa shape index (κ1) is 11.5. The normalized spacial score (nSPS) is 11.1. The Balaban J connectivity index is 3.06. The molecule has 0 saturated carbocycles. The van der Waals surface area contributed by atoms with Crippen molar-refractivity contribution in [2.45, 2.75) is 19.4 Å². The number of carbonyl (C=O) groups is 1. The molecule has 0 heterocycles. The van der Waals surface area contributed by atoms with Crippen LogP contribution in [0.3, 0.4) is 0 Å². The Hall–Kier alpha value is -0.580. The first-order chi connectivity index (χ1) is 6.49. The van der Waals surface area contributed by atoms with Gasteiger partial charge >= 0.3 is 0 Å². The minimum Gasteiger partial charge on any atom is -0.362 e. The molecule has 0 bridgehead atoms. The van der Waals surface area contributed by atoms with Gasteiger partial charge in [0, 0.05) is 10.6 Å². The first-order valence-electron chi connectivity index (χ1n) is 4.44. The third-order valence-electron chi connectivity index (χ3n) is 2.37. The highest BCUT2D eigenvalue weighted by molar-refractivity contribution is 14.1. The highest BCUT2D eigenvalue weighted by Crippen LogP contribution is 2.25. The molecule has 2 nitrogen and oxygen atoms in total.